The van der Waals surface area contributed by atoms with Crippen LogP contribution in [-0.2, 0) is 6.54 Å². The summed E-state index contributed by atoms with van der Waals surface area (Å²) in [4.78, 5) is 0. The molecule has 0 aliphatic heterocycles. The molecular weight excluding hydrogens is 253 g/mol. The normalized spacial score (nSPS) is 12.7. The zero-order valence-electron chi connectivity index (χ0n) is 11.3. The van der Waals surface area contributed by atoms with E-state index < -0.39 is 0 Å². The fraction of sp³-hybridized carbons (Fsp3) is 0.176. The van der Waals surface area contributed by atoms with E-state index in [2.05, 4.69) is 5.32 Å². The summed E-state index contributed by atoms with van der Waals surface area (Å²) in [7, 11) is 0. The molecule has 2 aromatic carbocycles. The van der Waals surface area contributed by atoms with Gasteiger partial charge in [-0.2, -0.15) is 0 Å². The van der Waals surface area contributed by atoms with Crippen molar-refractivity contribution < 1.29 is 8.81 Å². The molecule has 3 rings (SSSR count). The molecule has 0 fully saturated rings. The Bertz CT molecular complexity index is 720. The summed E-state index contributed by atoms with van der Waals surface area (Å²) in [5, 5.41) is 4.51. The van der Waals surface area contributed by atoms with Crippen LogP contribution in [0.3, 0.4) is 0 Å². The number of para-hydroxylation sites is 1. The van der Waals surface area contributed by atoms with Gasteiger partial charge in [0.1, 0.15) is 11.4 Å². The quantitative estimate of drug-likeness (QED) is 0.758. The van der Waals surface area contributed by atoms with Crippen LogP contribution in [-0.4, -0.2) is 0 Å². The maximum Gasteiger partial charge on any atom is 0.134 e. The van der Waals surface area contributed by atoms with Gasteiger partial charge in [0.15, 0.2) is 0 Å². The molecular formula is C17H16FNO. The van der Waals surface area contributed by atoms with E-state index in [1.807, 2.05) is 37.3 Å². The summed E-state index contributed by atoms with van der Waals surface area (Å²) in [5.41, 5.74) is 2.95. The fourth-order valence-electron chi connectivity index (χ4n) is 2.33. The zero-order chi connectivity index (χ0) is 13.9. The predicted molar refractivity (Wildman–Crippen MR) is 77.9 cm³/mol. The molecule has 2 nitrogen and oxygen atoms in total. The number of halogens is 1. The number of rotatable bonds is 4. The molecule has 0 amide bonds. The molecule has 1 N–H and O–H groups in total. The van der Waals surface area contributed by atoms with Gasteiger partial charge in [-0.05, 0) is 30.7 Å². The van der Waals surface area contributed by atoms with Crippen molar-refractivity contribution in [2.24, 2.45) is 0 Å². The Morgan fingerprint density at radius 3 is 2.85 bits per heavy atom. The fourth-order valence-corrected chi connectivity index (χ4v) is 2.33. The Labute approximate surface area is 117 Å². The average molecular weight is 269 g/mol. The van der Waals surface area contributed by atoms with Crippen molar-refractivity contribution in [2.45, 2.75) is 19.5 Å². The summed E-state index contributed by atoms with van der Waals surface area (Å²) in [5.74, 6) is -0.204. The highest BCUT2D eigenvalue weighted by atomic mass is 19.1. The Hall–Kier alpha value is -2.13. The largest absolute Gasteiger partial charge is 0.464 e. The first-order chi connectivity index (χ1) is 9.74. The summed E-state index contributed by atoms with van der Waals surface area (Å²) < 4.78 is 18.7. The van der Waals surface area contributed by atoms with E-state index in [1.165, 1.54) is 6.07 Å². The van der Waals surface area contributed by atoms with Gasteiger partial charge in [-0.25, -0.2) is 4.39 Å². The first-order valence-electron chi connectivity index (χ1n) is 6.68. The van der Waals surface area contributed by atoms with E-state index in [1.54, 1.807) is 18.4 Å². The minimum atomic E-state index is -0.204. The maximum atomic E-state index is 13.2. The number of furan rings is 1. The van der Waals surface area contributed by atoms with Gasteiger partial charge in [0.05, 0.1) is 6.26 Å². The third-order valence-electron chi connectivity index (χ3n) is 3.51. The lowest BCUT2D eigenvalue weighted by Gasteiger charge is -2.13. The lowest BCUT2D eigenvalue weighted by molar-refractivity contribution is 0.556. The SMILES string of the molecule is C[C@@H](NCc1coc2ccccc12)c1cccc(F)c1. The summed E-state index contributed by atoms with van der Waals surface area (Å²) in [6.07, 6.45) is 1.77. The molecule has 0 saturated heterocycles. The third kappa shape index (κ3) is 2.58. The van der Waals surface area contributed by atoms with Crippen LogP contribution in [0.25, 0.3) is 11.0 Å². The second-order valence-electron chi connectivity index (χ2n) is 4.91. The molecule has 0 radical (unpaired) electrons. The molecule has 3 aromatic rings. The predicted octanol–water partition coefficient (Wildman–Crippen LogP) is 4.42. The highest BCUT2D eigenvalue weighted by molar-refractivity contribution is 5.80. The number of benzene rings is 2. The highest BCUT2D eigenvalue weighted by Gasteiger charge is 2.09. The van der Waals surface area contributed by atoms with Gasteiger partial charge in [-0.3, -0.25) is 0 Å². The van der Waals surface area contributed by atoms with Crippen molar-refractivity contribution >= 4 is 11.0 Å². The van der Waals surface area contributed by atoms with Crippen molar-refractivity contribution in [1.29, 1.82) is 0 Å². The van der Waals surface area contributed by atoms with Crippen molar-refractivity contribution in [3.05, 3.63) is 71.7 Å². The van der Waals surface area contributed by atoms with Crippen LogP contribution in [0.15, 0.2) is 59.2 Å². The second-order valence-corrected chi connectivity index (χ2v) is 4.91. The van der Waals surface area contributed by atoms with E-state index in [9.17, 15) is 4.39 Å². The minimum absolute atomic E-state index is 0.0827. The van der Waals surface area contributed by atoms with E-state index >= 15 is 0 Å². The van der Waals surface area contributed by atoms with Crippen LogP contribution in [0.2, 0.25) is 0 Å². The Morgan fingerprint density at radius 1 is 1.15 bits per heavy atom. The third-order valence-corrected chi connectivity index (χ3v) is 3.51. The summed E-state index contributed by atoms with van der Waals surface area (Å²) >= 11 is 0. The minimum Gasteiger partial charge on any atom is -0.464 e. The van der Waals surface area contributed by atoms with E-state index in [0.717, 1.165) is 22.1 Å². The van der Waals surface area contributed by atoms with E-state index in [0.29, 0.717) is 6.54 Å². The number of hydrogen-bond acceptors (Lipinski definition) is 2. The van der Waals surface area contributed by atoms with E-state index in [-0.39, 0.29) is 11.9 Å². The maximum absolute atomic E-state index is 13.2. The molecule has 0 bridgehead atoms. The van der Waals surface area contributed by atoms with Crippen LogP contribution in [0.1, 0.15) is 24.1 Å². The van der Waals surface area contributed by atoms with Crippen LogP contribution < -0.4 is 5.32 Å². The molecule has 0 aliphatic carbocycles. The lowest BCUT2D eigenvalue weighted by atomic mass is 10.1. The summed E-state index contributed by atoms with van der Waals surface area (Å²) in [6.45, 7) is 2.71. The molecule has 1 aromatic heterocycles. The van der Waals surface area contributed by atoms with Crippen molar-refractivity contribution in [2.75, 3.05) is 0 Å². The van der Waals surface area contributed by atoms with Gasteiger partial charge in [-0.1, -0.05) is 30.3 Å². The van der Waals surface area contributed by atoms with Crippen molar-refractivity contribution in [1.82, 2.24) is 5.32 Å². The number of nitrogens with one attached hydrogen (secondary N) is 1. The van der Waals surface area contributed by atoms with Crippen LogP contribution in [0, 0.1) is 5.82 Å². The Kier molecular flexibility index (Phi) is 3.52. The smallest absolute Gasteiger partial charge is 0.134 e. The van der Waals surface area contributed by atoms with E-state index in [4.69, 9.17) is 4.42 Å². The molecule has 1 atom stereocenters. The van der Waals surface area contributed by atoms with Gasteiger partial charge in [0, 0.05) is 23.5 Å². The van der Waals surface area contributed by atoms with Gasteiger partial charge in [-0.15, -0.1) is 0 Å². The molecule has 0 unspecified atom stereocenters. The zero-order valence-corrected chi connectivity index (χ0v) is 11.3. The Morgan fingerprint density at radius 2 is 2.00 bits per heavy atom. The second kappa shape index (κ2) is 5.47. The van der Waals surface area contributed by atoms with Crippen molar-refractivity contribution in [3.8, 4) is 0 Å². The van der Waals surface area contributed by atoms with Crippen LogP contribution >= 0.6 is 0 Å². The van der Waals surface area contributed by atoms with Crippen LogP contribution in [0.5, 0.6) is 0 Å². The van der Waals surface area contributed by atoms with Gasteiger partial charge in [0.25, 0.3) is 0 Å². The topological polar surface area (TPSA) is 25.2 Å². The van der Waals surface area contributed by atoms with Crippen LogP contribution in [0.4, 0.5) is 4.39 Å². The lowest BCUT2D eigenvalue weighted by Crippen LogP contribution is -2.17. The Balaban J connectivity index is 1.73. The summed E-state index contributed by atoms with van der Waals surface area (Å²) in [6, 6.07) is 14.7. The standard InChI is InChI=1S/C17H16FNO/c1-12(13-5-4-6-15(18)9-13)19-10-14-11-20-17-8-3-2-7-16(14)17/h2-9,11-12,19H,10H2,1H3/t12-/m1/s1. The average Bonchev–Trinajstić information content (AvgIpc) is 2.88. The highest BCUT2D eigenvalue weighted by Crippen LogP contribution is 2.21. The molecule has 3 heteroatoms. The molecule has 20 heavy (non-hydrogen) atoms. The number of fused-ring (bicyclic) bond motifs is 1. The first-order valence-corrected chi connectivity index (χ1v) is 6.68. The molecule has 0 aliphatic rings. The number of hydrogen-bond donors (Lipinski definition) is 1. The monoisotopic (exact) mass is 269 g/mol. The molecule has 102 valence electrons. The molecule has 0 spiro atoms. The van der Waals surface area contributed by atoms with Gasteiger partial charge in [0.2, 0.25) is 0 Å². The van der Waals surface area contributed by atoms with Crippen molar-refractivity contribution in [3.63, 3.8) is 0 Å². The first kappa shape index (κ1) is 12.9. The van der Waals surface area contributed by atoms with Gasteiger partial charge >= 0.3 is 0 Å². The van der Waals surface area contributed by atoms with Gasteiger partial charge < -0.3 is 9.73 Å². The molecule has 1 heterocycles. The molecule has 0 saturated carbocycles.